The Hall–Kier alpha value is -3.58. The predicted molar refractivity (Wildman–Crippen MR) is 163 cm³/mol. The van der Waals surface area contributed by atoms with Gasteiger partial charge in [0.2, 0.25) is 5.95 Å². The molecule has 41 heavy (non-hydrogen) atoms. The van der Waals surface area contributed by atoms with E-state index in [1.54, 1.807) is 4.52 Å². The summed E-state index contributed by atoms with van der Waals surface area (Å²) < 4.78 is 32.3. The second-order valence-electron chi connectivity index (χ2n) is 10.3. The first-order valence-corrected chi connectivity index (χ1v) is 17.1. The minimum atomic E-state index is -2.79. The van der Waals surface area contributed by atoms with Gasteiger partial charge in [0.05, 0.1) is 32.2 Å². The summed E-state index contributed by atoms with van der Waals surface area (Å²) in [7, 11) is 1.81. The molecule has 2 aliphatic rings. The van der Waals surface area contributed by atoms with Gasteiger partial charge in [-0.3, -0.25) is 4.79 Å². The van der Waals surface area contributed by atoms with Crippen molar-refractivity contribution in [3.05, 3.63) is 78.0 Å². The third-order valence-corrected chi connectivity index (χ3v) is 9.50. The van der Waals surface area contributed by atoms with Crippen molar-refractivity contribution in [3.8, 4) is 11.1 Å². The van der Waals surface area contributed by atoms with Gasteiger partial charge in [0, 0.05) is 42.9 Å². The average Bonchev–Trinajstić information content (AvgIpc) is 3.70. The molecule has 2 aliphatic heterocycles. The normalized spacial score (nSPS) is 16.4. The van der Waals surface area contributed by atoms with Crippen LogP contribution in [-0.4, -0.2) is 65.1 Å². The second kappa shape index (κ2) is 10.1. The summed E-state index contributed by atoms with van der Waals surface area (Å²) in [5.41, 5.74) is 6.33. The van der Waals surface area contributed by atoms with Gasteiger partial charge in [0.1, 0.15) is 11.2 Å². The van der Waals surface area contributed by atoms with Crippen molar-refractivity contribution in [2.45, 2.75) is 18.9 Å². The number of alkyl halides is 2. The van der Waals surface area contributed by atoms with Gasteiger partial charge < -0.3 is 19.7 Å². The van der Waals surface area contributed by atoms with Crippen LogP contribution >= 0.6 is 28.4 Å². The third-order valence-electron chi connectivity index (χ3n) is 7.60. The molecule has 1 aromatic carbocycles. The van der Waals surface area contributed by atoms with E-state index in [0.717, 1.165) is 33.6 Å². The van der Waals surface area contributed by atoms with Crippen molar-refractivity contribution in [3.63, 3.8) is 0 Å². The van der Waals surface area contributed by atoms with Crippen LogP contribution in [0.25, 0.3) is 16.6 Å². The summed E-state index contributed by atoms with van der Waals surface area (Å²) in [4.78, 5) is 21.0. The van der Waals surface area contributed by atoms with Gasteiger partial charge in [-0.15, -0.1) is 5.10 Å². The van der Waals surface area contributed by atoms with Crippen LogP contribution in [0.5, 0.6) is 0 Å². The standard InChI is InChI=1S/C27H25F2IN9OP/c1-35-22(25(40)37-15-27(28,29)16-37)11-18-8-10-36(14-23(18)35)26-33-24(21-3-2-9-38(21)34-26)32-20-6-4-17(5-7-20)19-12-31-39(13-19)41-30/h2-7,9,11-13,41H,8,10,14-16H2,1H3,(H,32,33,34). The third kappa shape index (κ3) is 4.84. The molecule has 0 bridgehead atoms. The Morgan fingerprint density at radius 1 is 1.15 bits per heavy atom. The molecule has 7 rings (SSSR count). The van der Waals surface area contributed by atoms with Gasteiger partial charge in [0.15, 0.2) is 5.82 Å². The highest BCUT2D eigenvalue weighted by Crippen LogP contribution is 2.32. The van der Waals surface area contributed by atoms with E-state index in [4.69, 9.17) is 10.1 Å². The first kappa shape index (κ1) is 26.3. The number of likely N-dealkylation sites (tertiary alicyclic amines) is 1. The zero-order valence-corrected chi connectivity index (χ0v) is 25.1. The number of halogens is 3. The fourth-order valence-corrected chi connectivity index (χ4v) is 6.47. The number of hydrogen-bond acceptors (Lipinski definition) is 6. The molecule has 0 aliphatic carbocycles. The molecule has 6 heterocycles. The van der Waals surface area contributed by atoms with Gasteiger partial charge in [0.25, 0.3) is 11.8 Å². The molecule has 1 N–H and O–H groups in total. The highest BCUT2D eigenvalue weighted by Gasteiger charge is 2.47. The summed E-state index contributed by atoms with van der Waals surface area (Å²) in [6, 6.07) is 13.9. The molecule has 10 nitrogen and oxygen atoms in total. The van der Waals surface area contributed by atoms with Crippen molar-refractivity contribution in [2.24, 2.45) is 7.05 Å². The summed E-state index contributed by atoms with van der Waals surface area (Å²) in [6.45, 7) is 0.113. The van der Waals surface area contributed by atoms with Crippen LogP contribution in [0.15, 0.2) is 61.1 Å². The Kier molecular flexibility index (Phi) is 6.45. The van der Waals surface area contributed by atoms with Crippen molar-refractivity contribution in [1.29, 1.82) is 0 Å². The Morgan fingerprint density at radius 2 is 1.95 bits per heavy atom. The van der Waals surface area contributed by atoms with E-state index in [2.05, 4.69) is 49.5 Å². The number of carbonyl (C=O) groups excluding carboxylic acids is 1. The molecule has 1 fully saturated rings. The Labute approximate surface area is 248 Å². The van der Waals surface area contributed by atoms with E-state index in [-0.39, 0.29) is 5.91 Å². The first-order valence-electron chi connectivity index (χ1n) is 13.0. The van der Waals surface area contributed by atoms with E-state index in [0.29, 0.717) is 43.3 Å². The SMILES string of the molecule is Cn1c(C(=O)N2CC(F)(F)C2)cc2c1CN(c1nc(Nc3ccc(-c4cnn(PI)c4)cc3)c3cccn3n1)CC2. The number of hydrogen-bond donors (Lipinski definition) is 1. The lowest BCUT2D eigenvalue weighted by atomic mass is 10.1. The van der Waals surface area contributed by atoms with E-state index in [9.17, 15) is 13.6 Å². The van der Waals surface area contributed by atoms with E-state index >= 15 is 0 Å². The Balaban J connectivity index is 1.13. The monoisotopic (exact) mass is 687 g/mol. The smallest absolute Gasteiger partial charge is 0.282 e. The number of benzene rings is 1. The number of fused-ring (bicyclic) bond motifs is 2. The molecular formula is C27H25F2IN9OP. The minimum absolute atomic E-state index is 0.360. The fourth-order valence-electron chi connectivity index (χ4n) is 5.39. The molecule has 1 amide bonds. The van der Waals surface area contributed by atoms with E-state index in [1.807, 2.05) is 65.0 Å². The molecule has 4 aromatic heterocycles. The van der Waals surface area contributed by atoms with Gasteiger partial charge in [-0.25, -0.2) is 17.7 Å². The largest absolute Gasteiger partial charge is 0.342 e. The van der Waals surface area contributed by atoms with Crippen LogP contribution in [-0.2, 0) is 20.0 Å². The maximum absolute atomic E-state index is 13.4. The van der Waals surface area contributed by atoms with Gasteiger partial charge in [-0.05, 0) is 69.9 Å². The molecular weight excluding hydrogens is 662 g/mol. The van der Waals surface area contributed by atoms with Crippen molar-refractivity contribution >= 4 is 57.3 Å². The fraction of sp³-hybridized carbons (Fsp3) is 0.259. The highest BCUT2D eigenvalue weighted by atomic mass is 127. The Bertz CT molecular complexity index is 1770. The maximum atomic E-state index is 13.4. The first-order chi connectivity index (χ1) is 19.8. The summed E-state index contributed by atoms with van der Waals surface area (Å²) in [5, 5.41) is 12.6. The highest BCUT2D eigenvalue weighted by molar-refractivity contribution is 14.2. The molecule has 5 aromatic rings. The van der Waals surface area contributed by atoms with Gasteiger partial charge >= 0.3 is 0 Å². The summed E-state index contributed by atoms with van der Waals surface area (Å²) >= 11 is 2.30. The van der Waals surface area contributed by atoms with Gasteiger partial charge in [-0.1, -0.05) is 12.1 Å². The predicted octanol–water partition coefficient (Wildman–Crippen LogP) is 5.12. The number of nitrogens with zero attached hydrogens (tertiary/aromatic N) is 8. The molecule has 1 unspecified atom stereocenters. The van der Waals surface area contributed by atoms with E-state index < -0.39 is 19.0 Å². The quantitative estimate of drug-likeness (QED) is 0.197. The van der Waals surface area contributed by atoms with E-state index in [1.165, 1.54) is 4.90 Å². The molecule has 0 radical (unpaired) electrons. The second-order valence-corrected chi connectivity index (χ2v) is 12.4. The van der Waals surface area contributed by atoms with Crippen LogP contribution in [0.4, 0.5) is 26.2 Å². The molecule has 1 saturated heterocycles. The lowest BCUT2D eigenvalue weighted by Crippen LogP contribution is -2.58. The number of rotatable bonds is 6. The minimum Gasteiger partial charge on any atom is -0.342 e. The number of nitrogens with one attached hydrogen (secondary N) is 1. The van der Waals surface area contributed by atoms with Crippen LogP contribution in [0.2, 0.25) is 0 Å². The summed E-state index contributed by atoms with van der Waals surface area (Å²) in [5.74, 6) is -1.92. The van der Waals surface area contributed by atoms with Crippen LogP contribution in [0.3, 0.4) is 0 Å². The molecule has 14 heteroatoms. The lowest BCUT2D eigenvalue weighted by Gasteiger charge is -2.38. The number of amides is 1. The molecule has 1 atom stereocenters. The lowest BCUT2D eigenvalue weighted by molar-refractivity contribution is -0.113. The zero-order valence-electron chi connectivity index (χ0n) is 21.9. The van der Waals surface area contributed by atoms with Crippen LogP contribution in [0, 0.1) is 0 Å². The number of aromatic nitrogens is 6. The number of carbonyl (C=O) groups is 1. The van der Waals surface area contributed by atoms with Crippen molar-refractivity contribution < 1.29 is 13.6 Å². The molecule has 210 valence electrons. The topological polar surface area (TPSA) is 88.5 Å². The maximum Gasteiger partial charge on any atom is 0.282 e. The number of anilines is 3. The van der Waals surface area contributed by atoms with Crippen LogP contribution in [0.1, 0.15) is 21.7 Å². The van der Waals surface area contributed by atoms with Gasteiger partial charge in [-0.2, -0.15) is 10.1 Å². The molecule has 0 spiro atoms. The Morgan fingerprint density at radius 3 is 2.68 bits per heavy atom. The summed E-state index contributed by atoms with van der Waals surface area (Å²) in [6.07, 6.45) is 7.04. The van der Waals surface area contributed by atoms with Crippen molar-refractivity contribution in [2.75, 3.05) is 29.9 Å². The molecule has 0 saturated carbocycles. The average molecular weight is 687 g/mol. The van der Waals surface area contributed by atoms with Crippen molar-refractivity contribution in [1.82, 2.24) is 33.6 Å². The van der Waals surface area contributed by atoms with Crippen LogP contribution < -0.4 is 10.2 Å². The zero-order chi connectivity index (χ0) is 28.3.